The van der Waals surface area contributed by atoms with E-state index in [4.69, 9.17) is 10.1 Å². The van der Waals surface area contributed by atoms with Crippen LogP contribution in [0.25, 0.3) is 5.57 Å². The van der Waals surface area contributed by atoms with Crippen molar-refractivity contribution in [1.29, 1.82) is 0 Å². The summed E-state index contributed by atoms with van der Waals surface area (Å²) in [6.07, 6.45) is 15.7. The van der Waals surface area contributed by atoms with E-state index in [0.29, 0.717) is 11.8 Å². The van der Waals surface area contributed by atoms with Crippen molar-refractivity contribution in [3.8, 4) is 0 Å². The number of carboxylic acids is 1. The quantitative estimate of drug-likeness (QED) is 0.110. The van der Waals surface area contributed by atoms with Crippen LogP contribution >= 0.6 is 0 Å². The molecule has 1 aliphatic heterocycles. The Morgan fingerprint density at radius 1 is 1.23 bits per heavy atom. The number of likely N-dealkylation sites (N-methyl/N-ethyl adjacent to an activating group) is 1. The number of unbranched alkanes of at least 4 members (excludes halogenated alkanes) is 1. The number of nitrogens with one attached hydrogen (secondary N) is 1. The van der Waals surface area contributed by atoms with Crippen LogP contribution in [-0.4, -0.2) is 53.1 Å². The average molecular weight is 599 g/mol. The zero-order valence-electron chi connectivity index (χ0n) is 27.6. The molecule has 2 aliphatic rings. The fourth-order valence-corrected chi connectivity index (χ4v) is 5.82. The summed E-state index contributed by atoms with van der Waals surface area (Å²) < 4.78 is 0. The van der Waals surface area contributed by atoms with E-state index in [1.807, 2.05) is 30.3 Å². The summed E-state index contributed by atoms with van der Waals surface area (Å²) in [7, 11) is 1.90. The van der Waals surface area contributed by atoms with E-state index in [9.17, 15) is 9.59 Å². The number of likely N-dealkylation sites (tertiary alicyclic amines) is 1. The second kappa shape index (κ2) is 16.2. The van der Waals surface area contributed by atoms with Gasteiger partial charge in [0, 0.05) is 24.5 Å². The molecule has 1 aromatic rings. The van der Waals surface area contributed by atoms with Gasteiger partial charge in [-0.15, -0.1) is 0 Å². The standard InChI is InChI=1S/C37H50N4O3/c1-9-12-13-15-30(22-38-27(7)39-23-35(42)43)29-18-19-33(24(4)20-29)40-32(11-3)34-21-25(5)36(26(6)28-16-17-28)31(14-10-2)37(44)41(34)8/h10,13-15,18-20,22,25,28,34H,2,9,11-12,16-17,21,23H2,1,3-8H3,(H,38,39)(H,42,43)/b15-13+,30-22+,31-14+,36-26+,40-32?. The number of benzene rings is 1. The molecule has 1 saturated heterocycles. The number of amides is 1. The Morgan fingerprint density at radius 3 is 2.55 bits per heavy atom. The lowest BCUT2D eigenvalue weighted by Crippen LogP contribution is -2.41. The summed E-state index contributed by atoms with van der Waals surface area (Å²) >= 11 is 0. The topological polar surface area (TPSA) is 94.4 Å². The van der Waals surface area contributed by atoms with Gasteiger partial charge in [-0.25, -0.2) is 0 Å². The first-order valence-corrected chi connectivity index (χ1v) is 15.9. The molecule has 2 fully saturated rings. The number of carbonyl (C=O) groups excluding carboxylic acids is 1. The molecule has 44 heavy (non-hydrogen) atoms. The molecule has 7 heteroatoms. The number of carbonyl (C=O) groups is 2. The second-order valence-corrected chi connectivity index (χ2v) is 11.9. The Hall–Kier alpha value is -4.00. The van der Waals surface area contributed by atoms with Gasteiger partial charge in [0.2, 0.25) is 0 Å². The Morgan fingerprint density at radius 2 is 1.95 bits per heavy atom. The Bertz CT molecular complexity index is 1420. The molecule has 0 bridgehead atoms. The molecule has 236 valence electrons. The van der Waals surface area contributed by atoms with Crippen LogP contribution in [0.3, 0.4) is 0 Å². The normalized spacial score (nSPS) is 22.4. The largest absolute Gasteiger partial charge is 0.480 e. The third kappa shape index (κ3) is 9.01. The molecule has 0 radical (unpaired) electrons. The number of amidine groups is 1. The first-order chi connectivity index (χ1) is 21.0. The van der Waals surface area contributed by atoms with Crippen molar-refractivity contribution in [2.24, 2.45) is 21.8 Å². The summed E-state index contributed by atoms with van der Waals surface area (Å²) in [6.45, 7) is 16.1. The molecule has 1 aromatic carbocycles. The zero-order chi connectivity index (χ0) is 32.4. The number of hydrogen-bond donors (Lipinski definition) is 2. The highest BCUT2D eigenvalue weighted by Gasteiger charge is 2.38. The third-order valence-corrected chi connectivity index (χ3v) is 8.46. The van der Waals surface area contributed by atoms with Crippen LogP contribution in [0.1, 0.15) is 84.3 Å². The minimum absolute atomic E-state index is 0.0332. The summed E-state index contributed by atoms with van der Waals surface area (Å²) in [6, 6.07) is 6.11. The molecular formula is C37H50N4O3. The predicted octanol–water partition coefficient (Wildman–Crippen LogP) is 7.97. The number of hydrogen-bond acceptors (Lipinski definition) is 4. The molecular weight excluding hydrogens is 548 g/mol. The van der Waals surface area contributed by atoms with Gasteiger partial charge < -0.3 is 15.3 Å². The van der Waals surface area contributed by atoms with E-state index in [2.05, 4.69) is 75.8 Å². The van der Waals surface area contributed by atoms with Crippen molar-refractivity contribution < 1.29 is 14.7 Å². The molecule has 2 unspecified atom stereocenters. The van der Waals surface area contributed by atoms with Crippen LogP contribution in [0.4, 0.5) is 5.69 Å². The van der Waals surface area contributed by atoms with E-state index in [0.717, 1.165) is 59.4 Å². The first kappa shape index (κ1) is 34.5. The lowest BCUT2D eigenvalue weighted by atomic mass is 9.84. The van der Waals surface area contributed by atoms with E-state index in [-0.39, 0.29) is 24.4 Å². The van der Waals surface area contributed by atoms with Gasteiger partial charge in [0.05, 0.1) is 17.6 Å². The highest BCUT2D eigenvalue weighted by Crippen LogP contribution is 2.43. The van der Waals surface area contributed by atoms with Gasteiger partial charge >= 0.3 is 5.97 Å². The number of carboxylic acid groups (broad SMARTS) is 1. The molecule has 1 aliphatic carbocycles. The molecule has 7 nitrogen and oxygen atoms in total. The number of nitrogens with zero attached hydrogens (tertiary/aromatic N) is 3. The van der Waals surface area contributed by atoms with Crippen LogP contribution in [-0.2, 0) is 9.59 Å². The number of aliphatic carboxylic acids is 1. The highest BCUT2D eigenvalue weighted by atomic mass is 16.4. The SMILES string of the molecule is C=C/C=C1/C(=O)N(C)C(C(CC)=Nc2ccc(C(/C=C/CCC)=C/NC(C)=NCC(=O)O)cc2C)CC(C)/C1=C(/C)C1CC1. The number of rotatable bonds is 12. The summed E-state index contributed by atoms with van der Waals surface area (Å²) in [5.74, 6) is 0.406. The van der Waals surface area contributed by atoms with Crippen LogP contribution < -0.4 is 5.32 Å². The fraction of sp³-hybridized carbons (Fsp3) is 0.459. The maximum atomic E-state index is 13.9. The van der Waals surface area contributed by atoms with Gasteiger partial charge in [0.25, 0.3) is 5.91 Å². The van der Waals surface area contributed by atoms with Crippen molar-refractivity contribution in [2.75, 3.05) is 13.6 Å². The molecule has 2 N–H and O–H groups in total. The summed E-state index contributed by atoms with van der Waals surface area (Å²) in [5.41, 5.74) is 8.21. The third-order valence-electron chi connectivity index (χ3n) is 8.46. The Labute approximate surface area is 264 Å². The van der Waals surface area contributed by atoms with Crippen molar-refractivity contribution in [3.05, 3.63) is 83.1 Å². The van der Waals surface area contributed by atoms with Crippen molar-refractivity contribution in [2.45, 2.75) is 86.1 Å². The number of allylic oxidation sites excluding steroid dienone is 6. The van der Waals surface area contributed by atoms with Gasteiger partial charge in [0.1, 0.15) is 6.54 Å². The van der Waals surface area contributed by atoms with E-state index < -0.39 is 5.97 Å². The molecule has 1 saturated carbocycles. The van der Waals surface area contributed by atoms with Crippen LogP contribution in [0.5, 0.6) is 0 Å². The molecule has 0 aromatic heterocycles. The van der Waals surface area contributed by atoms with Crippen molar-refractivity contribution in [3.63, 3.8) is 0 Å². The Kier molecular flexibility index (Phi) is 12.7. The zero-order valence-corrected chi connectivity index (χ0v) is 27.6. The first-order valence-electron chi connectivity index (χ1n) is 15.9. The summed E-state index contributed by atoms with van der Waals surface area (Å²) in [5, 5.41) is 12.1. The lowest BCUT2D eigenvalue weighted by molar-refractivity contribution is -0.135. The van der Waals surface area contributed by atoms with Crippen LogP contribution in [0, 0.1) is 18.8 Å². The maximum absolute atomic E-state index is 13.9. The van der Waals surface area contributed by atoms with Gasteiger partial charge in [-0.05, 0) is 105 Å². The van der Waals surface area contributed by atoms with Crippen LogP contribution in [0.2, 0.25) is 0 Å². The van der Waals surface area contributed by atoms with Crippen molar-refractivity contribution in [1.82, 2.24) is 10.2 Å². The number of aryl methyl sites for hydroxylation is 1. The number of aliphatic imine (C=N–C) groups is 2. The molecule has 2 atom stereocenters. The monoisotopic (exact) mass is 598 g/mol. The Balaban J connectivity index is 1.97. The van der Waals surface area contributed by atoms with Gasteiger partial charge in [-0.1, -0.05) is 63.6 Å². The van der Waals surface area contributed by atoms with Crippen molar-refractivity contribution >= 4 is 34.7 Å². The van der Waals surface area contributed by atoms with Gasteiger partial charge in [-0.2, -0.15) is 0 Å². The minimum atomic E-state index is -0.968. The van der Waals surface area contributed by atoms with Gasteiger partial charge in [-0.3, -0.25) is 19.6 Å². The average Bonchev–Trinajstić information content (AvgIpc) is 3.85. The molecule has 1 amide bonds. The predicted molar refractivity (Wildman–Crippen MR) is 183 cm³/mol. The van der Waals surface area contributed by atoms with E-state index >= 15 is 0 Å². The maximum Gasteiger partial charge on any atom is 0.325 e. The van der Waals surface area contributed by atoms with E-state index in [1.165, 1.54) is 24.0 Å². The lowest BCUT2D eigenvalue weighted by Gasteiger charge is -2.28. The molecule has 1 heterocycles. The smallest absolute Gasteiger partial charge is 0.325 e. The molecule has 3 rings (SSSR count). The summed E-state index contributed by atoms with van der Waals surface area (Å²) in [4.78, 5) is 35.9. The second-order valence-electron chi connectivity index (χ2n) is 11.9. The van der Waals surface area contributed by atoms with Crippen LogP contribution in [0.15, 0.2) is 82.0 Å². The van der Waals surface area contributed by atoms with E-state index in [1.54, 1.807) is 13.0 Å². The van der Waals surface area contributed by atoms with Gasteiger partial charge in [0.15, 0.2) is 0 Å². The highest BCUT2D eigenvalue weighted by molar-refractivity contribution is 6.03. The molecule has 0 spiro atoms. The fourth-order valence-electron chi connectivity index (χ4n) is 5.82. The minimum Gasteiger partial charge on any atom is -0.480 e.